The monoisotopic (exact) mass is 1120 g/mol. The molecule has 0 fully saturated rings. The molecule has 0 aliphatic rings. The van der Waals surface area contributed by atoms with E-state index in [-0.39, 0.29) is 82.9 Å². The average molecular weight is 1130 g/mol. The molecule has 0 aromatic heterocycles. The van der Waals surface area contributed by atoms with Gasteiger partial charge in [-0.05, 0) is 25.4 Å². The molecule has 0 aliphatic heterocycles. The maximum atomic E-state index is 11.0. The van der Waals surface area contributed by atoms with Crippen molar-refractivity contribution < 1.29 is 37.2 Å². The van der Waals surface area contributed by atoms with E-state index >= 15 is 0 Å². The predicted octanol–water partition coefficient (Wildman–Crippen LogP) is 4.95. The van der Waals surface area contributed by atoms with Crippen LogP contribution in [0.3, 0.4) is 0 Å². The minimum absolute atomic E-state index is 0. The number of carbonyl (C=O) groups excluding carboxylic acids is 5. The second kappa shape index (κ2) is 34.2. The minimum atomic E-state index is -0.269. The second-order valence-corrected chi connectivity index (χ2v) is 23.1. The summed E-state index contributed by atoms with van der Waals surface area (Å²) >= 11 is 14.5. The van der Waals surface area contributed by atoms with Gasteiger partial charge in [-0.25, -0.2) is 0 Å². The van der Waals surface area contributed by atoms with E-state index in [0.29, 0.717) is 13.3 Å². The van der Waals surface area contributed by atoms with Crippen molar-refractivity contribution in [2.75, 3.05) is 0 Å². The van der Waals surface area contributed by atoms with Gasteiger partial charge in [0.05, 0.1) is 12.8 Å². The van der Waals surface area contributed by atoms with Crippen molar-refractivity contribution in [1.82, 2.24) is 0 Å². The number of carbonyl (C=O) groups is 5. The molecule has 0 unspecified atom stereocenters. The zero-order valence-corrected chi connectivity index (χ0v) is 32.2. The fraction of sp³-hybridized carbons (Fsp3) is 0.722. The van der Waals surface area contributed by atoms with Crippen LogP contribution in [0.25, 0.3) is 0 Å². The summed E-state index contributed by atoms with van der Waals surface area (Å²) in [6.07, 6.45) is 0.190. The molecule has 12 heteroatoms. The number of halogens is 7. The van der Waals surface area contributed by atoms with Crippen LogP contribution in [0.15, 0.2) is 0 Å². The fourth-order valence-electron chi connectivity index (χ4n) is 0.931. The summed E-state index contributed by atoms with van der Waals surface area (Å²) in [6, 6.07) is 0. The Morgan fingerprint density at radius 1 is 0.700 bits per heavy atom. The molecular weight excluding hydrogens is 1090 g/mol. The summed E-state index contributed by atoms with van der Waals surface area (Å²) in [5, 5.41) is -0.269. The molecule has 0 atom stereocenters. The Hall–Kier alpha value is 3.02. The Morgan fingerprint density at radius 3 is 0.967 bits per heavy atom. The van der Waals surface area contributed by atoms with E-state index < -0.39 is 0 Å². The van der Waals surface area contributed by atoms with Crippen LogP contribution in [0.4, 0.5) is 0 Å². The summed E-state index contributed by atoms with van der Waals surface area (Å²) in [4.78, 5) is 52.0. The van der Waals surface area contributed by atoms with Crippen molar-refractivity contribution in [2.24, 2.45) is 17.8 Å². The number of hydrogen-bond acceptors (Lipinski definition) is 5. The van der Waals surface area contributed by atoms with Crippen LogP contribution in [-0.2, 0) is 24.0 Å². The molecule has 0 saturated carbocycles. The predicted molar refractivity (Wildman–Crippen MR) is 167 cm³/mol. The Labute approximate surface area is 257 Å². The molecule has 0 amide bonds. The van der Waals surface area contributed by atoms with E-state index in [4.69, 9.17) is 11.6 Å². The summed E-state index contributed by atoms with van der Waals surface area (Å²) in [6.45, 7) is 13.6. The fourth-order valence-corrected chi connectivity index (χ4v) is 0.931. The average Bonchev–Trinajstić information content (AvgIpc) is 2.56. The summed E-state index contributed by atoms with van der Waals surface area (Å²) in [7, 11) is 0. The molecular formula is C18H32ClI6O5-. The van der Waals surface area contributed by atoms with Gasteiger partial charge in [-0.3, -0.25) is 24.0 Å². The third-order valence-corrected chi connectivity index (χ3v) is 3.02. The van der Waals surface area contributed by atoms with Crippen LogP contribution in [0.5, 0.6) is 0 Å². The summed E-state index contributed by atoms with van der Waals surface area (Å²) in [5.74, 6) is -0.0885. The van der Waals surface area contributed by atoms with Gasteiger partial charge in [-0.15, -0.1) is 24.0 Å². The zero-order chi connectivity index (χ0) is 24.7. The van der Waals surface area contributed by atoms with Gasteiger partial charge in [-0.1, -0.05) is 41.5 Å². The third-order valence-electron chi connectivity index (χ3n) is 2.59. The third kappa shape index (κ3) is 52.8. The van der Waals surface area contributed by atoms with Crippen LogP contribution in [0.2, 0.25) is 0 Å². The van der Waals surface area contributed by atoms with Crippen LogP contribution >= 0.6 is 110 Å². The number of rotatable bonds is 7. The molecule has 0 saturated heterocycles. The molecule has 0 bridgehead atoms. The van der Waals surface area contributed by atoms with Crippen molar-refractivity contribution in [2.45, 2.75) is 68.2 Å². The molecule has 0 aliphatic carbocycles. The van der Waals surface area contributed by atoms with Gasteiger partial charge < -0.3 is 0 Å². The number of Topliss-reactive ketones (excluding diaryl/α,β-unsaturated/α-hetero) is 4. The Morgan fingerprint density at radius 2 is 0.900 bits per heavy atom. The molecule has 0 aromatic carbocycles. The summed E-state index contributed by atoms with van der Waals surface area (Å²) < 4.78 is 0. The molecule has 0 rings (SSSR count). The molecule has 0 heterocycles. The van der Waals surface area contributed by atoms with Crippen LogP contribution in [0, 0.1) is 17.8 Å². The van der Waals surface area contributed by atoms with Gasteiger partial charge in [0.15, 0.2) is 0 Å². The van der Waals surface area contributed by atoms with Crippen molar-refractivity contribution in [3.8, 4) is 0 Å². The van der Waals surface area contributed by atoms with Gasteiger partial charge in [0.2, 0.25) is 5.24 Å². The quantitative estimate of drug-likeness (QED) is 0.205. The molecule has 30 heavy (non-hydrogen) atoms. The first kappa shape index (κ1) is 46.4. The van der Waals surface area contributed by atoms with Crippen molar-refractivity contribution in [3.63, 3.8) is 0 Å². The van der Waals surface area contributed by atoms with Crippen molar-refractivity contribution in [3.05, 3.63) is 0 Å². The Kier molecular flexibility index (Phi) is 52.8. The molecule has 0 radical (unpaired) electrons. The summed E-state index contributed by atoms with van der Waals surface area (Å²) in [5.41, 5.74) is 0. The maximum absolute atomic E-state index is 11.0. The second-order valence-electron chi connectivity index (χ2n) is 6.51. The van der Waals surface area contributed by atoms with Gasteiger partial charge in [0, 0.05) is 55.0 Å². The van der Waals surface area contributed by atoms with E-state index in [1.54, 1.807) is 13.8 Å². The first-order chi connectivity index (χ1) is 13.1. The molecule has 0 aromatic rings. The molecule has 184 valence electrons. The first-order valence-corrected chi connectivity index (χ1v) is 27.6. The van der Waals surface area contributed by atoms with Crippen LogP contribution < -0.4 is 13.3 Å². The van der Waals surface area contributed by atoms with Crippen LogP contribution in [-0.4, -0.2) is 28.4 Å². The van der Waals surface area contributed by atoms with Crippen molar-refractivity contribution >= 4 is 138 Å². The SMILES string of the molecule is CC(=O)CC(C)=O.CC(C)C(=O)CC(=O)C(C)C.CC(C)C(=O)Cl.I.II.I[I-]I. The zero-order valence-electron chi connectivity index (χ0n) is 18.4. The van der Waals surface area contributed by atoms with E-state index in [9.17, 15) is 24.0 Å². The Balaban J connectivity index is -0.0000000663. The van der Waals surface area contributed by atoms with E-state index in [0.717, 1.165) is 0 Å². The number of hydrogen-bond donors (Lipinski definition) is 0. The van der Waals surface area contributed by atoms with Gasteiger partial charge in [0.25, 0.3) is 0 Å². The Bertz CT molecular complexity index is 442. The van der Waals surface area contributed by atoms with Crippen molar-refractivity contribution in [1.29, 1.82) is 0 Å². The number of ketones is 4. The van der Waals surface area contributed by atoms with Gasteiger partial charge >= 0.3 is 50.5 Å². The van der Waals surface area contributed by atoms with Crippen LogP contribution in [0.1, 0.15) is 68.2 Å². The van der Waals surface area contributed by atoms with Gasteiger partial charge in [0.1, 0.15) is 23.1 Å². The molecule has 5 nitrogen and oxygen atoms in total. The van der Waals surface area contributed by atoms with Gasteiger partial charge in [-0.2, -0.15) is 0 Å². The topological polar surface area (TPSA) is 85.3 Å². The first-order valence-electron chi connectivity index (χ1n) is 8.38. The van der Waals surface area contributed by atoms with E-state index in [2.05, 4.69) is 74.5 Å². The van der Waals surface area contributed by atoms with E-state index in [1.807, 2.05) is 27.7 Å². The van der Waals surface area contributed by atoms with E-state index in [1.165, 1.54) is 13.8 Å². The standard InChI is InChI=1S/C9H16O2.C5H8O2.C4H7ClO.I3.I2.HI/c1-6(2)8(10)5-9(11)7(3)4;1-4(6)3-5(2)7;1-3(2)4(5)6;1-3-2;1-2;/h6-7H,5H2,1-4H3;3H2,1-2H3;3H,1-2H3;;;1H/q;;;-1;;. The normalized spacial score (nSPS) is 8.67. The molecule has 0 N–H and O–H groups in total. The molecule has 0 spiro atoms.